The van der Waals surface area contributed by atoms with E-state index in [2.05, 4.69) is 15.9 Å². The summed E-state index contributed by atoms with van der Waals surface area (Å²) in [6.45, 7) is 0.257. The van der Waals surface area contributed by atoms with Gasteiger partial charge in [-0.2, -0.15) is 0 Å². The molecule has 4 atom stereocenters. The number of methoxy groups -OCH3 is 1. The number of fused-ring (bicyclic) bond motifs is 1. The predicted octanol–water partition coefficient (Wildman–Crippen LogP) is 2.41. The van der Waals surface area contributed by atoms with Crippen molar-refractivity contribution >= 4 is 21.7 Å². The van der Waals surface area contributed by atoms with Gasteiger partial charge in [-0.25, -0.2) is 0 Å². The molecule has 1 saturated carbocycles. The van der Waals surface area contributed by atoms with Gasteiger partial charge in [0.05, 0.1) is 25.7 Å². The number of ether oxygens (including phenoxy) is 2. The molecule has 1 saturated heterocycles. The number of aliphatic hydroxyl groups excluding tert-OH is 1. The fourth-order valence-electron chi connectivity index (χ4n) is 4.12. The first-order valence-electron chi connectivity index (χ1n) is 7.39. The van der Waals surface area contributed by atoms with Gasteiger partial charge in [0.25, 0.3) is 0 Å². The Balaban J connectivity index is 1.84. The van der Waals surface area contributed by atoms with Crippen LogP contribution in [0.2, 0.25) is 0 Å². The number of aliphatic hydroxyl groups is 1. The lowest BCUT2D eigenvalue weighted by Gasteiger charge is -2.50. The minimum atomic E-state index is -0.906. The second-order valence-electron chi connectivity index (χ2n) is 6.35. The third-order valence-electron chi connectivity index (χ3n) is 5.40. The number of hydrogen-bond acceptors (Lipinski definition) is 4. The number of halogens is 1. The van der Waals surface area contributed by atoms with Crippen LogP contribution in [0.3, 0.4) is 0 Å². The van der Waals surface area contributed by atoms with E-state index in [1.165, 1.54) is 0 Å². The van der Waals surface area contributed by atoms with Gasteiger partial charge in [0.1, 0.15) is 5.75 Å². The molecule has 0 aromatic heterocycles. The second-order valence-corrected chi connectivity index (χ2v) is 7.27. The molecule has 4 aliphatic rings. The zero-order valence-electron chi connectivity index (χ0n) is 12.2. The van der Waals surface area contributed by atoms with Crippen molar-refractivity contribution in [2.45, 2.75) is 17.9 Å². The monoisotopic (exact) mass is 364 g/mol. The Morgan fingerprint density at radius 2 is 2.23 bits per heavy atom. The van der Waals surface area contributed by atoms with Crippen LogP contribution in [0.5, 0.6) is 5.75 Å². The third-order valence-corrected chi connectivity index (χ3v) is 6.19. The summed E-state index contributed by atoms with van der Waals surface area (Å²) in [5.41, 5.74) is -0.583. The number of hydrogen-bond donors (Lipinski definition) is 1. The normalized spacial score (nSPS) is 39.0. The molecule has 5 rings (SSSR count). The summed E-state index contributed by atoms with van der Waals surface area (Å²) in [6.07, 6.45) is 2.69. The van der Waals surface area contributed by atoms with E-state index in [0.717, 1.165) is 22.2 Å². The van der Waals surface area contributed by atoms with E-state index in [4.69, 9.17) is 9.47 Å². The molecule has 3 unspecified atom stereocenters. The number of rotatable bonds is 3. The van der Waals surface area contributed by atoms with Gasteiger partial charge in [-0.1, -0.05) is 34.1 Å². The van der Waals surface area contributed by atoms with Gasteiger partial charge < -0.3 is 14.6 Å². The zero-order valence-corrected chi connectivity index (χ0v) is 13.8. The fraction of sp³-hybridized carbons (Fsp3) is 0.471. The van der Waals surface area contributed by atoms with E-state index in [1.54, 1.807) is 7.11 Å². The van der Waals surface area contributed by atoms with Crippen molar-refractivity contribution < 1.29 is 19.4 Å². The molecule has 2 fully saturated rings. The number of epoxide rings is 1. The molecule has 2 bridgehead atoms. The van der Waals surface area contributed by atoms with Crippen LogP contribution in [0.1, 0.15) is 17.9 Å². The molecular formula is C17H17BrO4. The summed E-state index contributed by atoms with van der Waals surface area (Å²) in [4.78, 5) is 13.0. The Hall–Kier alpha value is -1.17. The Labute approximate surface area is 137 Å². The second kappa shape index (κ2) is 4.66. The summed E-state index contributed by atoms with van der Waals surface area (Å²) in [5, 5.41) is 10.1. The van der Waals surface area contributed by atoms with Crippen LogP contribution in [-0.4, -0.2) is 36.8 Å². The van der Waals surface area contributed by atoms with Crippen molar-refractivity contribution in [1.82, 2.24) is 0 Å². The Kier molecular flexibility index (Phi) is 3.06. The molecular weight excluding hydrogens is 348 g/mol. The highest BCUT2D eigenvalue weighted by molar-refractivity contribution is 9.11. The number of carbonyl (C=O) groups is 1. The number of carbonyl (C=O) groups excluding carboxylic acids is 1. The lowest BCUT2D eigenvalue weighted by Crippen LogP contribution is -2.58. The Bertz CT molecular complexity index is 679. The van der Waals surface area contributed by atoms with Crippen LogP contribution < -0.4 is 4.74 Å². The lowest BCUT2D eigenvalue weighted by atomic mass is 9.53. The molecule has 1 N–H and O–H groups in total. The zero-order chi connectivity index (χ0) is 15.5. The number of ketones is 1. The maximum absolute atomic E-state index is 13.0. The molecule has 5 heteroatoms. The highest BCUT2D eigenvalue weighted by Crippen LogP contribution is 2.63. The molecule has 1 spiro atoms. The van der Waals surface area contributed by atoms with E-state index in [0.29, 0.717) is 6.61 Å². The van der Waals surface area contributed by atoms with Gasteiger partial charge in [0, 0.05) is 11.8 Å². The average Bonchev–Trinajstić information content (AvgIpc) is 3.33. The van der Waals surface area contributed by atoms with Crippen molar-refractivity contribution in [1.29, 1.82) is 0 Å². The first-order valence-corrected chi connectivity index (χ1v) is 8.18. The molecule has 1 aromatic rings. The van der Waals surface area contributed by atoms with E-state index >= 15 is 0 Å². The van der Waals surface area contributed by atoms with Gasteiger partial charge in [-0.15, -0.1) is 0 Å². The fourth-order valence-corrected chi connectivity index (χ4v) is 5.09. The highest BCUT2D eigenvalue weighted by Gasteiger charge is 2.71. The molecule has 22 heavy (non-hydrogen) atoms. The van der Waals surface area contributed by atoms with Crippen molar-refractivity contribution in [3.8, 4) is 5.75 Å². The minimum absolute atomic E-state index is 0.0229. The molecule has 4 nitrogen and oxygen atoms in total. The maximum Gasteiger partial charge on any atom is 0.180 e. The molecule has 1 aromatic carbocycles. The smallest absolute Gasteiger partial charge is 0.180 e. The summed E-state index contributed by atoms with van der Waals surface area (Å²) in [6, 6.07) is 7.77. The summed E-state index contributed by atoms with van der Waals surface area (Å²) in [7, 11) is 1.63. The topological polar surface area (TPSA) is 59.1 Å². The van der Waals surface area contributed by atoms with Gasteiger partial charge in [-0.05, 0) is 28.6 Å². The van der Waals surface area contributed by atoms with E-state index < -0.39 is 11.0 Å². The summed E-state index contributed by atoms with van der Waals surface area (Å²) < 4.78 is 11.8. The summed E-state index contributed by atoms with van der Waals surface area (Å²) >= 11 is 3.59. The quantitative estimate of drug-likeness (QED) is 0.836. The summed E-state index contributed by atoms with van der Waals surface area (Å²) in [5.74, 6) is 0.778. The van der Waals surface area contributed by atoms with E-state index in [1.807, 2.05) is 30.3 Å². The van der Waals surface area contributed by atoms with Gasteiger partial charge in [-0.3, -0.25) is 4.79 Å². The average molecular weight is 365 g/mol. The van der Waals surface area contributed by atoms with Gasteiger partial charge >= 0.3 is 0 Å². The molecule has 116 valence electrons. The van der Waals surface area contributed by atoms with Crippen LogP contribution >= 0.6 is 15.9 Å². The van der Waals surface area contributed by atoms with Crippen LogP contribution in [0.4, 0.5) is 0 Å². The van der Waals surface area contributed by atoms with Crippen molar-refractivity contribution in [2.24, 2.45) is 11.3 Å². The van der Waals surface area contributed by atoms with Crippen LogP contribution in [0.15, 0.2) is 34.8 Å². The van der Waals surface area contributed by atoms with Crippen LogP contribution in [0, 0.1) is 11.3 Å². The molecule has 0 amide bonds. The first-order chi connectivity index (χ1) is 10.6. The van der Waals surface area contributed by atoms with Gasteiger partial charge in [0.15, 0.2) is 11.4 Å². The SMILES string of the molecule is COc1cccc(C2CC3C(Br)=CC2(CO)C(=O)[C@]32CO2)c1. The largest absolute Gasteiger partial charge is 0.497 e. The first kappa shape index (κ1) is 14.4. The van der Waals surface area contributed by atoms with Crippen molar-refractivity contribution in [2.75, 3.05) is 20.3 Å². The Morgan fingerprint density at radius 3 is 2.86 bits per heavy atom. The Morgan fingerprint density at radius 1 is 1.45 bits per heavy atom. The van der Waals surface area contributed by atoms with Crippen LogP contribution in [0.25, 0.3) is 0 Å². The number of Topliss-reactive ketones (excluding diaryl/α,β-unsaturated/α-hetero) is 1. The molecule has 0 radical (unpaired) electrons. The molecule has 1 aliphatic heterocycles. The predicted molar refractivity (Wildman–Crippen MR) is 84.1 cm³/mol. The molecule has 1 heterocycles. The van der Waals surface area contributed by atoms with Crippen molar-refractivity contribution in [3.63, 3.8) is 0 Å². The third kappa shape index (κ3) is 1.67. The van der Waals surface area contributed by atoms with E-state index in [-0.39, 0.29) is 24.2 Å². The van der Waals surface area contributed by atoms with Gasteiger partial charge in [0.2, 0.25) is 0 Å². The number of benzene rings is 1. The minimum Gasteiger partial charge on any atom is -0.497 e. The lowest BCUT2D eigenvalue weighted by molar-refractivity contribution is -0.142. The van der Waals surface area contributed by atoms with Crippen LogP contribution in [-0.2, 0) is 9.53 Å². The highest BCUT2D eigenvalue weighted by atomic mass is 79.9. The van der Waals surface area contributed by atoms with E-state index in [9.17, 15) is 9.90 Å². The standard InChI is InChI=1S/C17H17BrO4/c1-21-11-4-2-3-10(5-11)12-6-13-14(18)7-16(12,8-19)15(20)17(13)9-22-17/h2-5,7,12-13,19H,6,8-9H2,1H3/t12?,13?,16?,17-/m0/s1. The molecule has 3 aliphatic carbocycles. The van der Waals surface area contributed by atoms with Crippen molar-refractivity contribution in [3.05, 3.63) is 40.4 Å². The maximum atomic E-state index is 13.0.